The minimum atomic E-state index is -1.29. The molecule has 4 rings (SSSR count). The minimum Gasteiger partial charge on any atom is -0.394 e. The number of ketones is 1. The van der Waals surface area contributed by atoms with Crippen molar-refractivity contribution in [3.63, 3.8) is 0 Å². The highest BCUT2D eigenvalue weighted by Gasteiger charge is 2.69. The normalized spacial score (nSPS) is 40.3. The fraction of sp³-hybridized carbons (Fsp3) is 0.647. The molecule has 7 nitrogen and oxygen atoms in total. The van der Waals surface area contributed by atoms with Crippen LogP contribution in [0.5, 0.6) is 0 Å². The molecule has 24 heavy (non-hydrogen) atoms. The predicted molar refractivity (Wildman–Crippen MR) is 80.1 cm³/mol. The minimum absolute atomic E-state index is 0.239. The van der Waals surface area contributed by atoms with Crippen LogP contribution in [-0.4, -0.2) is 58.1 Å². The van der Waals surface area contributed by atoms with Crippen LogP contribution < -0.4 is 0 Å². The van der Waals surface area contributed by atoms with Gasteiger partial charge in [0.05, 0.1) is 13.0 Å². The number of aliphatic hydroxyl groups excluding tert-OH is 1. The van der Waals surface area contributed by atoms with Crippen molar-refractivity contribution >= 4 is 11.7 Å². The molecule has 3 aliphatic heterocycles. The number of hydrogen-bond acceptors (Lipinski definition) is 6. The molecule has 1 N–H and O–H groups in total. The van der Waals surface area contributed by atoms with E-state index in [1.54, 1.807) is 0 Å². The SMILES string of the molecule is C#C[C@@]12OC3(CCCC3)O[C@@H]1[C@@H](CO)OC2N1C=CC(=O)CC1=O. The van der Waals surface area contributed by atoms with Crippen molar-refractivity contribution in [2.75, 3.05) is 6.61 Å². The molecule has 128 valence electrons. The van der Waals surface area contributed by atoms with Crippen LogP contribution in [0.1, 0.15) is 32.1 Å². The molecular weight excluding hydrogens is 314 g/mol. The van der Waals surface area contributed by atoms with Gasteiger partial charge in [-0.1, -0.05) is 5.92 Å². The van der Waals surface area contributed by atoms with Crippen LogP contribution in [0, 0.1) is 12.3 Å². The quantitative estimate of drug-likeness (QED) is 0.569. The lowest BCUT2D eigenvalue weighted by atomic mass is 9.94. The van der Waals surface area contributed by atoms with Gasteiger partial charge in [-0.05, 0) is 18.9 Å². The number of ether oxygens (including phenoxy) is 3. The van der Waals surface area contributed by atoms with Gasteiger partial charge >= 0.3 is 0 Å². The Hall–Kier alpha value is -1.72. The number of fused-ring (bicyclic) bond motifs is 1. The van der Waals surface area contributed by atoms with Gasteiger partial charge in [-0.25, -0.2) is 0 Å². The van der Waals surface area contributed by atoms with Gasteiger partial charge in [0, 0.05) is 19.0 Å². The molecule has 3 heterocycles. The number of rotatable bonds is 2. The van der Waals surface area contributed by atoms with Gasteiger partial charge < -0.3 is 19.3 Å². The highest BCUT2D eigenvalue weighted by molar-refractivity contribution is 6.06. The first-order valence-corrected chi connectivity index (χ1v) is 8.18. The largest absolute Gasteiger partial charge is 0.394 e. The second-order valence-corrected chi connectivity index (χ2v) is 6.67. The van der Waals surface area contributed by atoms with Crippen LogP contribution in [0.15, 0.2) is 12.3 Å². The van der Waals surface area contributed by atoms with Crippen LogP contribution >= 0.6 is 0 Å². The van der Waals surface area contributed by atoms with Gasteiger partial charge in [0.25, 0.3) is 0 Å². The summed E-state index contributed by atoms with van der Waals surface area (Å²) >= 11 is 0. The van der Waals surface area contributed by atoms with Crippen molar-refractivity contribution in [1.29, 1.82) is 0 Å². The van der Waals surface area contributed by atoms with Gasteiger partial charge in [-0.3, -0.25) is 14.5 Å². The zero-order chi connectivity index (χ0) is 16.9. The van der Waals surface area contributed by atoms with E-state index >= 15 is 0 Å². The lowest BCUT2D eigenvalue weighted by molar-refractivity contribution is -0.230. The van der Waals surface area contributed by atoms with E-state index in [-0.39, 0.29) is 18.8 Å². The highest BCUT2D eigenvalue weighted by atomic mass is 16.8. The van der Waals surface area contributed by atoms with Gasteiger partial charge in [-0.15, -0.1) is 6.42 Å². The molecule has 1 amide bonds. The number of carbonyl (C=O) groups excluding carboxylic acids is 2. The maximum atomic E-state index is 12.3. The first-order valence-electron chi connectivity index (χ1n) is 8.18. The van der Waals surface area contributed by atoms with Crippen LogP contribution in [0.25, 0.3) is 0 Å². The second kappa shape index (κ2) is 5.39. The van der Waals surface area contributed by atoms with Crippen LogP contribution in [0.3, 0.4) is 0 Å². The third-order valence-electron chi connectivity index (χ3n) is 5.19. The molecule has 0 aromatic rings. The van der Waals surface area contributed by atoms with Gasteiger partial charge in [0.2, 0.25) is 11.5 Å². The molecule has 2 saturated heterocycles. The van der Waals surface area contributed by atoms with Gasteiger partial charge in [0.1, 0.15) is 12.2 Å². The lowest BCUT2D eigenvalue weighted by Gasteiger charge is -2.36. The predicted octanol–water partition coefficient (Wildman–Crippen LogP) is 0.0764. The summed E-state index contributed by atoms with van der Waals surface area (Å²) in [6, 6.07) is 0. The highest BCUT2D eigenvalue weighted by Crippen LogP contribution is 2.53. The molecule has 7 heteroatoms. The maximum absolute atomic E-state index is 12.3. The van der Waals surface area contributed by atoms with E-state index in [4.69, 9.17) is 20.6 Å². The molecule has 1 saturated carbocycles. The number of terminal acetylenes is 1. The first-order chi connectivity index (χ1) is 11.5. The molecular formula is C17H19NO6. The topological polar surface area (TPSA) is 85.3 Å². The van der Waals surface area contributed by atoms with E-state index in [9.17, 15) is 14.7 Å². The Morgan fingerprint density at radius 1 is 1.38 bits per heavy atom. The molecule has 1 aliphatic carbocycles. The van der Waals surface area contributed by atoms with E-state index in [2.05, 4.69) is 5.92 Å². The summed E-state index contributed by atoms with van der Waals surface area (Å²) < 4.78 is 18.2. The number of nitrogens with zero attached hydrogens (tertiary/aromatic N) is 1. The van der Waals surface area contributed by atoms with Crippen LogP contribution in [-0.2, 0) is 23.8 Å². The summed E-state index contributed by atoms with van der Waals surface area (Å²) in [6.07, 6.45) is 9.36. The fourth-order valence-corrected chi connectivity index (χ4v) is 4.07. The van der Waals surface area contributed by atoms with Crippen molar-refractivity contribution in [3.05, 3.63) is 12.3 Å². The summed E-state index contributed by atoms with van der Waals surface area (Å²) in [5.74, 6) is 1.19. The maximum Gasteiger partial charge on any atom is 0.236 e. The summed E-state index contributed by atoms with van der Waals surface area (Å²) in [5, 5.41) is 9.67. The van der Waals surface area contributed by atoms with E-state index in [0.29, 0.717) is 0 Å². The molecule has 1 spiro atoms. The number of hydrogen-bond donors (Lipinski definition) is 1. The number of aliphatic hydroxyl groups is 1. The van der Waals surface area contributed by atoms with E-state index in [1.165, 1.54) is 17.2 Å². The summed E-state index contributed by atoms with van der Waals surface area (Å²) in [7, 11) is 0. The van der Waals surface area contributed by atoms with Crippen molar-refractivity contribution in [1.82, 2.24) is 4.90 Å². The standard InChI is InChI=1S/C17H19NO6/c1-2-17-14(23-16(24-17)6-3-4-7-16)12(10-19)22-15(17)18-8-5-11(20)9-13(18)21/h1,5,8,12,14-15,19H,3-4,6-7,9-10H2/t12-,14-,15?,17-/m1/s1. The molecule has 0 bridgehead atoms. The molecule has 0 aromatic heterocycles. The fourth-order valence-electron chi connectivity index (χ4n) is 4.07. The van der Waals surface area contributed by atoms with E-state index in [1.807, 2.05) is 0 Å². The lowest BCUT2D eigenvalue weighted by Crippen LogP contribution is -2.54. The van der Waals surface area contributed by atoms with Crippen LogP contribution in [0.2, 0.25) is 0 Å². The smallest absolute Gasteiger partial charge is 0.236 e. The van der Waals surface area contributed by atoms with Gasteiger partial charge in [-0.2, -0.15) is 0 Å². The number of amides is 1. The molecule has 3 fully saturated rings. The van der Waals surface area contributed by atoms with Crippen molar-refractivity contribution < 1.29 is 28.9 Å². The van der Waals surface area contributed by atoms with Crippen molar-refractivity contribution in [2.24, 2.45) is 0 Å². The van der Waals surface area contributed by atoms with Gasteiger partial charge in [0.15, 0.2) is 17.8 Å². The summed E-state index contributed by atoms with van der Waals surface area (Å²) in [6.45, 7) is -0.297. The summed E-state index contributed by atoms with van der Waals surface area (Å²) in [5.41, 5.74) is -1.29. The molecule has 4 atom stereocenters. The Kier molecular flexibility index (Phi) is 3.55. The first kappa shape index (κ1) is 15.8. The Morgan fingerprint density at radius 2 is 2.12 bits per heavy atom. The Bertz CT molecular complexity index is 646. The van der Waals surface area contributed by atoms with Crippen LogP contribution in [0.4, 0.5) is 0 Å². The Labute approximate surface area is 139 Å². The third kappa shape index (κ3) is 2.07. The molecule has 1 unspecified atom stereocenters. The number of carbonyl (C=O) groups is 2. The summed E-state index contributed by atoms with van der Waals surface area (Å²) in [4.78, 5) is 25.0. The third-order valence-corrected chi connectivity index (χ3v) is 5.19. The monoisotopic (exact) mass is 333 g/mol. The zero-order valence-corrected chi connectivity index (χ0v) is 13.1. The van der Waals surface area contributed by atoms with E-state index in [0.717, 1.165) is 25.7 Å². The zero-order valence-electron chi connectivity index (χ0n) is 13.1. The average Bonchev–Trinajstić information content (AvgIpc) is 3.22. The second-order valence-electron chi connectivity index (χ2n) is 6.67. The molecule has 4 aliphatic rings. The van der Waals surface area contributed by atoms with Crippen molar-refractivity contribution in [2.45, 2.75) is 61.9 Å². The number of allylic oxidation sites excluding steroid dienone is 1. The Morgan fingerprint density at radius 3 is 2.75 bits per heavy atom. The average molecular weight is 333 g/mol. The van der Waals surface area contributed by atoms with E-state index < -0.39 is 35.7 Å². The molecule has 0 radical (unpaired) electrons. The Balaban J connectivity index is 1.72. The molecule has 0 aromatic carbocycles. The van der Waals surface area contributed by atoms with Crippen molar-refractivity contribution in [3.8, 4) is 12.3 Å².